The van der Waals surface area contributed by atoms with Gasteiger partial charge in [0.2, 0.25) is 0 Å². The summed E-state index contributed by atoms with van der Waals surface area (Å²) in [6, 6.07) is 3.37. The van der Waals surface area contributed by atoms with Gasteiger partial charge in [0, 0.05) is 12.6 Å². The molecule has 1 rings (SSSR count). The van der Waals surface area contributed by atoms with E-state index in [1.807, 2.05) is 14.0 Å². The van der Waals surface area contributed by atoms with Crippen LogP contribution in [0.5, 0.6) is 0 Å². The fourth-order valence-corrected chi connectivity index (χ4v) is 1.80. The predicted molar refractivity (Wildman–Crippen MR) is 70.9 cm³/mol. The van der Waals surface area contributed by atoms with Gasteiger partial charge in [-0.15, -0.1) is 23.7 Å². The number of carbonyl (C=O) groups excluding carboxylic acids is 2. The van der Waals surface area contributed by atoms with Gasteiger partial charge in [0.15, 0.2) is 0 Å². The molecule has 1 heterocycles. The normalized spacial score (nSPS) is 11.4. The molecule has 2 amide bonds. The van der Waals surface area contributed by atoms with Crippen LogP contribution in [0.15, 0.2) is 12.1 Å². The van der Waals surface area contributed by atoms with Gasteiger partial charge < -0.3 is 16.4 Å². The third-order valence-corrected chi connectivity index (χ3v) is 3.23. The van der Waals surface area contributed by atoms with Crippen molar-refractivity contribution < 1.29 is 9.59 Å². The van der Waals surface area contributed by atoms with Crippen LogP contribution in [0.2, 0.25) is 0 Å². The van der Waals surface area contributed by atoms with Crippen molar-refractivity contribution in [3.8, 4) is 0 Å². The number of amides is 2. The third kappa shape index (κ3) is 4.72. The van der Waals surface area contributed by atoms with Gasteiger partial charge in [-0.3, -0.25) is 9.59 Å². The Morgan fingerprint density at radius 3 is 2.47 bits per heavy atom. The van der Waals surface area contributed by atoms with Crippen LogP contribution in [0, 0.1) is 0 Å². The van der Waals surface area contributed by atoms with E-state index in [-0.39, 0.29) is 24.4 Å². The lowest BCUT2D eigenvalue weighted by Gasteiger charge is -2.10. The zero-order valence-electron chi connectivity index (χ0n) is 9.65. The molecule has 0 bridgehead atoms. The molecule has 4 N–H and O–H groups in total. The molecule has 0 fully saturated rings. The van der Waals surface area contributed by atoms with E-state index >= 15 is 0 Å². The predicted octanol–water partition coefficient (Wildman–Crippen LogP) is 0.607. The van der Waals surface area contributed by atoms with Crippen molar-refractivity contribution in [2.24, 2.45) is 5.73 Å². The number of hydrogen-bond acceptors (Lipinski definition) is 4. The summed E-state index contributed by atoms with van der Waals surface area (Å²) in [6.07, 6.45) is 0. The van der Waals surface area contributed by atoms with E-state index < -0.39 is 5.91 Å². The van der Waals surface area contributed by atoms with Crippen molar-refractivity contribution >= 4 is 35.6 Å². The van der Waals surface area contributed by atoms with Gasteiger partial charge >= 0.3 is 0 Å². The first-order valence-electron chi connectivity index (χ1n) is 4.89. The molecule has 17 heavy (non-hydrogen) atoms. The molecule has 7 heteroatoms. The summed E-state index contributed by atoms with van der Waals surface area (Å²) in [6.45, 7) is 2.50. The van der Waals surface area contributed by atoms with Gasteiger partial charge in [0.1, 0.15) is 0 Å². The van der Waals surface area contributed by atoms with Gasteiger partial charge in [-0.05, 0) is 26.1 Å². The van der Waals surface area contributed by atoms with Crippen LogP contribution in [0.4, 0.5) is 0 Å². The summed E-state index contributed by atoms with van der Waals surface area (Å²) in [5.74, 6) is -0.688. The van der Waals surface area contributed by atoms with E-state index in [2.05, 4.69) is 10.6 Å². The number of halogens is 1. The van der Waals surface area contributed by atoms with Gasteiger partial charge in [-0.25, -0.2) is 0 Å². The zero-order chi connectivity index (χ0) is 12.1. The molecular formula is C10H16ClN3O2S. The Hall–Kier alpha value is -1.11. The standard InChI is InChI=1S/C10H15N3O2S.ClH/c1-6(12-2)5-13-10(15)8-4-3-7(16-8)9(11)14;/h3-4,6,12H,5H2,1-2H3,(H2,11,14)(H,13,15);1H. The molecule has 1 aromatic rings. The highest BCUT2D eigenvalue weighted by Gasteiger charge is 2.11. The van der Waals surface area contributed by atoms with Crippen LogP contribution in [-0.4, -0.2) is 31.4 Å². The fraction of sp³-hybridized carbons (Fsp3) is 0.400. The van der Waals surface area contributed by atoms with Crippen molar-refractivity contribution in [2.75, 3.05) is 13.6 Å². The third-order valence-electron chi connectivity index (χ3n) is 2.13. The van der Waals surface area contributed by atoms with E-state index in [1.54, 1.807) is 12.1 Å². The number of likely N-dealkylation sites (N-methyl/N-ethyl adjacent to an activating group) is 1. The topological polar surface area (TPSA) is 84.2 Å². The molecule has 0 aliphatic carbocycles. The highest BCUT2D eigenvalue weighted by atomic mass is 35.5. The van der Waals surface area contributed by atoms with Crippen molar-refractivity contribution in [2.45, 2.75) is 13.0 Å². The van der Waals surface area contributed by atoms with E-state index in [1.165, 1.54) is 0 Å². The van der Waals surface area contributed by atoms with Gasteiger partial charge in [0.25, 0.3) is 11.8 Å². The Balaban J connectivity index is 0.00000256. The number of rotatable bonds is 5. The van der Waals surface area contributed by atoms with E-state index in [0.29, 0.717) is 16.3 Å². The Labute approximate surface area is 110 Å². The maximum absolute atomic E-state index is 11.6. The first-order chi connectivity index (χ1) is 7.54. The number of carbonyl (C=O) groups is 2. The molecule has 5 nitrogen and oxygen atoms in total. The quantitative estimate of drug-likeness (QED) is 0.737. The minimum atomic E-state index is -0.507. The minimum Gasteiger partial charge on any atom is -0.365 e. The molecule has 0 saturated carbocycles. The van der Waals surface area contributed by atoms with E-state index in [9.17, 15) is 9.59 Å². The largest absolute Gasteiger partial charge is 0.365 e. The Morgan fingerprint density at radius 1 is 1.41 bits per heavy atom. The lowest BCUT2D eigenvalue weighted by molar-refractivity contribution is 0.0953. The second-order valence-corrected chi connectivity index (χ2v) is 4.51. The molecule has 1 aromatic heterocycles. The molecule has 0 aliphatic rings. The summed E-state index contributed by atoms with van der Waals surface area (Å²) in [5, 5.41) is 5.77. The minimum absolute atomic E-state index is 0. The molecule has 0 aliphatic heterocycles. The first-order valence-corrected chi connectivity index (χ1v) is 5.71. The average molecular weight is 278 g/mol. The second kappa shape index (κ2) is 7.26. The molecule has 1 atom stereocenters. The Morgan fingerprint density at radius 2 is 2.00 bits per heavy atom. The number of primary amides is 1. The van der Waals surface area contributed by atoms with Crippen molar-refractivity contribution in [1.82, 2.24) is 10.6 Å². The van der Waals surface area contributed by atoms with Crippen LogP contribution in [0.1, 0.15) is 26.3 Å². The molecule has 96 valence electrons. The van der Waals surface area contributed by atoms with Crippen LogP contribution in [0.25, 0.3) is 0 Å². The van der Waals surface area contributed by atoms with Crippen LogP contribution in [-0.2, 0) is 0 Å². The van der Waals surface area contributed by atoms with Crippen molar-refractivity contribution in [1.29, 1.82) is 0 Å². The maximum Gasteiger partial charge on any atom is 0.261 e. The zero-order valence-corrected chi connectivity index (χ0v) is 11.3. The highest BCUT2D eigenvalue weighted by molar-refractivity contribution is 7.15. The van der Waals surface area contributed by atoms with Gasteiger partial charge in [0.05, 0.1) is 9.75 Å². The van der Waals surface area contributed by atoms with Crippen LogP contribution >= 0.6 is 23.7 Å². The van der Waals surface area contributed by atoms with Gasteiger partial charge in [-0.1, -0.05) is 0 Å². The summed E-state index contributed by atoms with van der Waals surface area (Å²) in [7, 11) is 1.83. The molecule has 0 spiro atoms. The van der Waals surface area contributed by atoms with Crippen LogP contribution < -0.4 is 16.4 Å². The summed E-state index contributed by atoms with van der Waals surface area (Å²) in [4.78, 5) is 23.4. The van der Waals surface area contributed by atoms with E-state index in [4.69, 9.17) is 5.73 Å². The maximum atomic E-state index is 11.6. The fourth-order valence-electron chi connectivity index (χ4n) is 1.03. The summed E-state index contributed by atoms with van der Waals surface area (Å²) in [5.41, 5.74) is 5.10. The van der Waals surface area contributed by atoms with Crippen LogP contribution in [0.3, 0.4) is 0 Å². The number of nitrogens with one attached hydrogen (secondary N) is 2. The number of nitrogens with two attached hydrogens (primary N) is 1. The summed E-state index contributed by atoms with van der Waals surface area (Å²) >= 11 is 1.10. The molecule has 0 saturated heterocycles. The second-order valence-electron chi connectivity index (χ2n) is 3.43. The average Bonchev–Trinajstić information content (AvgIpc) is 2.74. The molecular weight excluding hydrogens is 262 g/mol. The number of thiophene rings is 1. The van der Waals surface area contributed by atoms with Gasteiger partial charge in [-0.2, -0.15) is 0 Å². The summed E-state index contributed by atoms with van der Waals surface area (Å²) < 4.78 is 0. The Kier molecular flexibility index (Phi) is 6.79. The number of hydrogen-bond donors (Lipinski definition) is 3. The van der Waals surface area contributed by atoms with E-state index in [0.717, 1.165) is 11.3 Å². The monoisotopic (exact) mass is 277 g/mol. The lowest BCUT2D eigenvalue weighted by atomic mass is 10.3. The Bertz CT molecular complexity index is 395. The van der Waals surface area contributed by atoms with Crippen molar-refractivity contribution in [3.63, 3.8) is 0 Å². The smallest absolute Gasteiger partial charge is 0.261 e. The molecule has 0 radical (unpaired) electrons. The molecule has 0 aromatic carbocycles. The SMILES string of the molecule is CNC(C)CNC(=O)c1ccc(C(N)=O)s1.Cl. The first kappa shape index (κ1) is 15.9. The van der Waals surface area contributed by atoms with Crippen molar-refractivity contribution in [3.05, 3.63) is 21.9 Å². The molecule has 1 unspecified atom stereocenters. The highest BCUT2D eigenvalue weighted by Crippen LogP contribution is 2.15. The lowest BCUT2D eigenvalue weighted by Crippen LogP contribution is -2.36.